The lowest BCUT2D eigenvalue weighted by atomic mass is 10.0. The molecule has 2 nitrogen and oxygen atoms in total. The highest BCUT2D eigenvalue weighted by Crippen LogP contribution is 2.37. The lowest BCUT2D eigenvalue weighted by Gasteiger charge is -2.27. The molecule has 1 aromatic rings. The van der Waals surface area contributed by atoms with Crippen molar-refractivity contribution in [3.05, 3.63) is 35.4 Å². The maximum absolute atomic E-state index is 12.5. The van der Waals surface area contributed by atoms with Crippen LogP contribution in [0.2, 0.25) is 0 Å². The van der Waals surface area contributed by atoms with Gasteiger partial charge in [-0.15, -0.1) is 16.5 Å². The van der Waals surface area contributed by atoms with Crippen LogP contribution in [-0.2, 0) is 11.4 Å². The fourth-order valence-corrected chi connectivity index (χ4v) is 5.39. The minimum Gasteiger partial charge on any atom is -0.598 e. The van der Waals surface area contributed by atoms with E-state index in [0.717, 1.165) is 11.2 Å². The van der Waals surface area contributed by atoms with Crippen molar-refractivity contribution in [2.24, 2.45) is 5.92 Å². The molecule has 0 radical (unpaired) electrons. The topological polar surface area (TPSA) is 35.1 Å². The van der Waals surface area contributed by atoms with Crippen LogP contribution in [0.1, 0.15) is 83.4 Å². The number of allylic oxidation sites excluding steroid dienone is 1. The van der Waals surface area contributed by atoms with E-state index in [4.69, 9.17) is 0 Å². The summed E-state index contributed by atoms with van der Waals surface area (Å²) < 4.78 is 15.6. The van der Waals surface area contributed by atoms with Crippen molar-refractivity contribution in [2.75, 3.05) is 0 Å². The van der Waals surface area contributed by atoms with Crippen LogP contribution in [0.3, 0.4) is 0 Å². The van der Waals surface area contributed by atoms with Crippen LogP contribution >= 0.6 is 11.8 Å². The molecular weight excluding hydrogens is 358 g/mol. The zero-order valence-electron chi connectivity index (χ0n) is 16.6. The van der Waals surface area contributed by atoms with Crippen LogP contribution in [0.5, 0.6) is 0 Å². The Morgan fingerprint density at radius 1 is 1.19 bits per heavy atom. The van der Waals surface area contributed by atoms with Crippen molar-refractivity contribution < 1.29 is 4.55 Å². The predicted molar refractivity (Wildman–Crippen MR) is 116 cm³/mol. The average molecular weight is 392 g/mol. The zero-order chi connectivity index (χ0) is 18.7. The van der Waals surface area contributed by atoms with Gasteiger partial charge in [-0.2, -0.15) is 0 Å². The van der Waals surface area contributed by atoms with Crippen molar-refractivity contribution in [1.29, 1.82) is 0 Å². The van der Waals surface area contributed by atoms with Gasteiger partial charge in [0.25, 0.3) is 0 Å². The van der Waals surface area contributed by atoms with Crippen LogP contribution in [0.15, 0.2) is 29.2 Å². The Balaban J connectivity index is 1.77. The van der Waals surface area contributed by atoms with E-state index in [0.29, 0.717) is 0 Å². The number of hydrogen-bond acceptors (Lipinski definition) is 3. The molecule has 0 heterocycles. The standard InChI is InChI=1S/C22H33NOS2/c1-16(23-26(24)22(2,3)4)21-14-13-20(25-19-7-5-6-8-19)15-18(21)12-11-17-9-10-17/h11-17,19,23H,5-10H2,1-4H3/b12-11+/t16-,26?/m0/s1. The Hall–Kier alpha value is -0.420. The van der Waals surface area contributed by atoms with Gasteiger partial charge in [-0.3, -0.25) is 0 Å². The first-order chi connectivity index (χ1) is 12.3. The lowest BCUT2D eigenvalue weighted by molar-refractivity contribution is 0.531. The second-order valence-corrected chi connectivity index (χ2v) is 12.1. The van der Waals surface area contributed by atoms with Gasteiger partial charge in [-0.1, -0.05) is 31.1 Å². The molecule has 0 amide bonds. The highest BCUT2D eigenvalue weighted by Gasteiger charge is 2.29. The molecule has 4 heteroatoms. The first kappa shape index (κ1) is 20.3. The predicted octanol–water partition coefficient (Wildman–Crippen LogP) is 6.26. The molecule has 2 atom stereocenters. The molecule has 0 bridgehead atoms. The van der Waals surface area contributed by atoms with E-state index in [2.05, 4.69) is 42.0 Å². The van der Waals surface area contributed by atoms with Gasteiger partial charge >= 0.3 is 0 Å². The van der Waals surface area contributed by atoms with Gasteiger partial charge in [0.1, 0.15) is 4.75 Å². The Morgan fingerprint density at radius 2 is 1.88 bits per heavy atom. The van der Waals surface area contributed by atoms with Crippen molar-refractivity contribution in [3.63, 3.8) is 0 Å². The molecule has 1 unspecified atom stereocenters. The van der Waals surface area contributed by atoms with Crippen LogP contribution in [-0.4, -0.2) is 14.5 Å². The summed E-state index contributed by atoms with van der Waals surface area (Å²) in [6.07, 6.45) is 12.8. The number of benzene rings is 1. The Morgan fingerprint density at radius 3 is 2.50 bits per heavy atom. The number of thioether (sulfide) groups is 1. The highest BCUT2D eigenvalue weighted by molar-refractivity contribution is 8.00. The van der Waals surface area contributed by atoms with E-state index < -0.39 is 11.4 Å². The molecule has 3 rings (SSSR count). The monoisotopic (exact) mass is 391 g/mol. The molecule has 1 aromatic carbocycles. The van der Waals surface area contributed by atoms with E-state index in [1.807, 2.05) is 32.5 Å². The van der Waals surface area contributed by atoms with Crippen LogP contribution in [0, 0.1) is 5.92 Å². The first-order valence-electron chi connectivity index (χ1n) is 10.00. The number of nitrogens with one attached hydrogen (secondary N) is 1. The molecule has 1 N–H and O–H groups in total. The third-order valence-corrected chi connectivity index (χ3v) is 8.15. The summed E-state index contributed by atoms with van der Waals surface area (Å²) >= 11 is 0.975. The number of hydrogen-bond donors (Lipinski definition) is 1. The largest absolute Gasteiger partial charge is 0.598 e. The minimum absolute atomic E-state index is 0.0689. The molecular formula is C22H33NOS2. The summed E-state index contributed by atoms with van der Waals surface area (Å²) in [5, 5.41) is 0.782. The summed E-state index contributed by atoms with van der Waals surface area (Å²) in [6, 6.07) is 6.90. The molecule has 2 fully saturated rings. The normalized spacial score (nSPS) is 21.4. The van der Waals surface area contributed by atoms with Crippen molar-refractivity contribution in [2.45, 2.75) is 87.2 Å². The minimum atomic E-state index is -1.06. The van der Waals surface area contributed by atoms with Gasteiger partial charge in [-0.05, 0) is 82.6 Å². The molecule has 0 spiro atoms. The molecule has 0 saturated heterocycles. The SMILES string of the molecule is C[C@H](N[S+]([O-])C(C)(C)C)c1ccc(SC2CCCC2)cc1/C=C/C1CC1. The summed E-state index contributed by atoms with van der Waals surface area (Å²) in [7, 11) is 0. The van der Waals surface area contributed by atoms with Crippen LogP contribution < -0.4 is 4.72 Å². The van der Waals surface area contributed by atoms with Gasteiger partial charge in [-0.25, -0.2) is 0 Å². The second kappa shape index (κ2) is 8.72. The highest BCUT2D eigenvalue weighted by atomic mass is 32.2. The fraction of sp³-hybridized carbons (Fsp3) is 0.636. The lowest BCUT2D eigenvalue weighted by Crippen LogP contribution is -2.40. The third-order valence-electron chi connectivity index (χ3n) is 5.14. The van der Waals surface area contributed by atoms with Crippen molar-refractivity contribution in [1.82, 2.24) is 4.72 Å². The van der Waals surface area contributed by atoms with E-state index in [1.165, 1.54) is 54.5 Å². The Bertz CT molecular complexity index is 628. The Labute approximate surface area is 166 Å². The Kier molecular flexibility index (Phi) is 6.82. The smallest absolute Gasteiger partial charge is 0.136 e. The van der Waals surface area contributed by atoms with Gasteiger partial charge in [0, 0.05) is 21.5 Å². The summed E-state index contributed by atoms with van der Waals surface area (Å²) in [4.78, 5) is 1.38. The zero-order valence-corrected chi connectivity index (χ0v) is 18.2. The molecule has 26 heavy (non-hydrogen) atoms. The molecule has 0 aliphatic heterocycles. The van der Waals surface area contributed by atoms with Crippen LogP contribution in [0.4, 0.5) is 0 Å². The maximum atomic E-state index is 12.5. The molecule has 2 saturated carbocycles. The molecule has 2 aliphatic carbocycles. The van der Waals surface area contributed by atoms with Gasteiger partial charge < -0.3 is 4.55 Å². The van der Waals surface area contributed by atoms with Gasteiger partial charge in [0.05, 0.1) is 6.04 Å². The quantitative estimate of drug-likeness (QED) is 0.557. The van der Waals surface area contributed by atoms with E-state index in [-0.39, 0.29) is 10.8 Å². The van der Waals surface area contributed by atoms with E-state index >= 15 is 0 Å². The molecule has 0 aromatic heterocycles. The number of rotatable bonds is 7. The van der Waals surface area contributed by atoms with E-state index in [9.17, 15) is 4.55 Å². The maximum Gasteiger partial charge on any atom is 0.136 e. The van der Waals surface area contributed by atoms with Gasteiger partial charge in [0.2, 0.25) is 0 Å². The second-order valence-electron chi connectivity index (χ2n) is 8.73. The first-order valence-corrected chi connectivity index (χ1v) is 12.0. The summed E-state index contributed by atoms with van der Waals surface area (Å²) in [6.45, 7) is 8.16. The average Bonchev–Trinajstić information content (AvgIpc) is 3.27. The summed E-state index contributed by atoms with van der Waals surface area (Å²) in [5.74, 6) is 0.765. The third kappa shape index (κ3) is 5.79. The van der Waals surface area contributed by atoms with Gasteiger partial charge in [0.15, 0.2) is 0 Å². The van der Waals surface area contributed by atoms with Crippen molar-refractivity contribution in [3.8, 4) is 0 Å². The van der Waals surface area contributed by atoms with Crippen LogP contribution in [0.25, 0.3) is 6.08 Å². The molecule has 2 aliphatic rings. The fourth-order valence-electron chi connectivity index (χ4n) is 3.29. The summed E-state index contributed by atoms with van der Waals surface area (Å²) in [5.41, 5.74) is 2.53. The van der Waals surface area contributed by atoms with Crippen molar-refractivity contribution >= 4 is 29.2 Å². The van der Waals surface area contributed by atoms with E-state index in [1.54, 1.807) is 0 Å². The molecule has 144 valence electrons.